The minimum Gasteiger partial charge on any atom is -0.465 e. The van der Waals surface area contributed by atoms with Crippen LogP contribution in [0.4, 0.5) is 0 Å². The van der Waals surface area contributed by atoms with Crippen molar-refractivity contribution in [2.24, 2.45) is 5.92 Å². The van der Waals surface area contributed by atoms with Gasteiger partial charge in [0.05, 0.1) is 23.7 Å². The maximum absolute atomic E-state index is 12.1. The molecule has 0 radical (unpaired) electrons. The van der Waals surface area contributed by atoms with Crippen LogP contribution in [0.3, 0.4) is 0 Å². The second-order valence-corrected chi connectivity index (χ2v) is 6.89. The molecule has 21 heavy (non-hydrogen) atoms. The minimum absolute atomic E-state index is 0.0332. The number of carbonyl (C=O) groups is 1. The summed E-state index contributed by atoms with van der Waals surface area (Å²) in [5, 5.41) is 9.69. The molecule has 0 spiro atoms. The number of rotatable bonds is 5. The molecule has 0 heterocycles. The summed E-state index contributed by atoms with van der Waals surface area (Å²) in [6, 6.07) is 5.54. The van der Waals surface area contributed by atoms with Crippen molar-refractivity contribution in [3.05, 3.63) is 29.8 Å². The Morgan fingerprint density at radius 1 is 1.33 bits per heavy atom. The molecule has 2 rings (SSSR count). The Hall–Kier alpha value is -1.44. The van der Waals surface area contributed by atoms with Crippen LogP contribution in [0.15, 0.2) is 29.2 Å². The predicted octanol–water partition coefficient (Wildman–Crippen LogP) is 0.912. The fourth-order valence-corrected chi connectivity index (χ4v) is 3.54. The number of carbonyl (C=O) groups excluding carboxylic acids is 1. The molecule has 7 heteroatoms. The molecule has 1 saturated carbocycles. The van der Waals surface area contributed by atoms with Crippen molar-refractivity contribution in [1.82, 2.24) is 4.72 Å². The van der Waals surface area contributed by atoms with E-state index >= 15 is 0 Å². The zero-order valence-corrected chi connectivity index (χ0v) is 12.6. The van der Waals surface area contributed by atoms with Crippen LogP contribution in [-0.2, 0) is 14.8 Å². The predicted molar refractivity (Wildman–Crippen MR) is 76.3 cm³/mol. The summed E-state index contributed by atoms with van der Waals surface area (Å²) in [7, 11) is -2.37. The molecule has 1 aliphatic rings. The van der Waals surface area contributed by atoms with Crippen LogP contribution < -0.4 is 4.72 Å². The standard InChI is InChI=1S/C14H19NO5S/c1-20-14(17)10-5-7-12(8-6-10)21(18,19)15-9-11-3-2-4-13(11)16/h5-8,11,13,15-16H,2-4,9H2,1H3. The van der Waals surface area contributed by atoms with Gasteiger partial charge in [-0.3, -0.25) is 0 Å². The molecule has 0 amide bonds. The number of hydrogen-bond donors (Lipinski definition) is 2. The molecule has 1 aromatic carbocycles. The highest BCUT2D eigenvalue weighted by Crippen LogP contribution is 2.25. The van der Waals surface area contributed by atoms with Crippen LogP contribution in [0.2, 0.25) is 0 Å². The molecule has 6 nitrogen and oxygen atoms in total. The number of esters is 1. The molecule has 0 bridgehead atoms. The van der Waals surface area contributed by atoms with Crippen LogP contribution in [0, 0.1) is 5.92 Å². The van der Waals surface area contributed by atoms with Gasteiger partial charge in [-0.1, -0.05) is 6.42 Å². The van der Waals surface area contributed by atoms with Crippen molar-refractivity contribution in [2.45, 2.75) is 30.3 Å². The van der Waals surface area contributed by atoms with Crippen molar-refractivity contribution in [3.8, 4) is 0 Å². The summed E-state index contributed by atoms with van der Waals surface area (Å²) in [5.41, 5.74) is 0.294. The van der Waals surface area contributed by atoms with Crippen molar-refractivity contribution >= 4 is 16.0 Å². The average molecular weight is 313 g/mol. The Kier molecular flexibility index (Phi) is 4.97. The first-order valence-corrected chi connectivity index (χ1v) is 8.28. The Labute approximate surface area is 124 Å². The van der Waals surface area contributed by atoms with Gasteiger partial charge in [-0.05, 0) is 43.0 Å². The third-order valence-electron chi connectivity index (χ3n) is 3.74. The van der Waals surface area contributed by atoms with E-state index in [9.17, 15) is 18.3 Å². The van der Waals surface area contributed by atoms with Gasteiger partial charge < -0.3 is 9.84 Å². The zero-order chi connectivity index (χ0) is 15.5. The number of aliphatic hydroxyl groups excluding tert-OH is 1. The molecule has 2 unspecified atom stereocenters. The van der Waals surface area contributed by atoms with Gasteiger partial charge in [0, 0.05) is 6.54 Å². The van der Waals surface area contributed by atoms with Crippen LogP contribution in [0.1, 0.15) is 29.6 Å². The second kappa shape index (κ2) is 6.55. The van der Waals surface area contributed by atoms with Gasteiger partial charge in [0.2, 0.25) is 10.0 Å². The lowest BCUT2D eigenvalue weighted by Gasteiger charge is -2.15. The zero-order valence-electron chi connectivity index (χ0n) is 11.8. The summed E-state index contributed by atoms with van der Waals surface area (Å²) in [5.74, 6) is -0.546. The molecule has 1 aromatic rings. The molecule has 2 atom stereocenters. The number of aliphatic hydroxyl groups is 1. The van der Waals surface area contributed by atoms with E-state index < -0.39 is 22.1 Å². The molecule has 0 aromatic heterocycles. The van der Waals surface area contributed by atoms with Crippen LogP contribution in [0.5, 0.6) is 0 Å². The van der Waals surface area contributed by atoms with Gasteiger partial charge in [-0.2, -0.15) is 0 Å². The van der Waals surface area contributed by atoms with Gasteiger partial charge in [0.1, 0.15) is 0 Å². The largest absolute Gasteiger partial charge is 0.465 e. The Bertz CT molecular complexity index is 596. The average Bonchev–Trinajstić information content (AvgIpc) is 2.90. The lowest BCUT2D eigenvalue weighted by Crippen LogP contribution is -2.32. The monoisotopic (exact) mass is 313 g/mol. The summed E-state index contributed by atoms with van der Waals surface area (Å²) >= 11 is 0. The van der Waals surface area contributed by atoms with Gasteiger partial charge in [-0.25, -0.2) is 17.9 Å². The summed E-state index contributed by atoms with van der Waals surface area (Å²) in [6.45, 7) is 0.224. The first kappa shape index (κ1) is 15.9. The van der Waals surface area contributed by atoms with Gasteiger partial charge >= 0.3 is 5.97 Å². The first-order chi connectivity index (χ1) is 9.94. The number of ether oxygens (including phenoxy) is 1. The van der Waals surface area contributed by atoms with E-state index in [-0.39, 0.29) is 17.4 Å². The molecule has 116 valence electrons. The third-order valence-corrected chi connectivity index (χ3v) is 5.18. The lowest BCUT2D eigenvalue weighted by atomic mass is 10.1. The van der Waals surface area contributed by atoms with Crippen LogP contribution >= 0.6 is 0 Å². The number of sulfonamides is 1. The number of nitrogens with one attached hydrogen (secondary N) is 1. The smallest absolute Gasteiger partial charge is 0.337 e. The molecule has 1 aliphatic carbocycles. The van der Waals surface area contributed by atoms with Crippen molar-refractivity contribution in [1.29, 1.82) is 0 Å². The number of methoxy groups -OCH3 is 1. The molecular formula is C14H19NO5S. The van der Waals surface area contributed by atoms with Crippen molar-refractivity contribution in [2.75, 3.05) is 13.7 Å². The summed E-state index contributed by atoms with van der Waals surface area (Å²) < 4.78 is 31.3. The Morgan fingerprint density at radius 2 is 2.00 bits per heavy atom. The van der Waals surface area contributed by atoms with Crippen LogP contribution in [0.25, 0.3) is 0 Å². The Morgan fingerprint density at radius 3 is 2.52 bits per heavy atom. The maximum Gasteiger partial charge on any atom is 0.337 e. The molecule has 0 aliphatic heterocycles. The van der Waals surface area contributed by atoms with Gasteiger partial charge in [-0.15, -0.1) is 0 Å². The summed E-state index contributed by atoms with van der Waals surface area (Å²) in [4.78, 5) is 11.4. The maximum atomic E-state index is 12.1. The SMILES string of the molecule is COC(=O)c1ccc(S(=O)(=O)NCC2CCCC2O)cc1. The van der Waals surface area contributed by atoms with E-state index in [1.165, 1.54) is 31.4 Å². The molecule has 0 saturated heterocycles. The molecular weight excluding hydrogens is 294 g/mol. The minimum atomic E-state index is -3.63. The highest BCUT2D eigenvalue weighted by molar-refractivity contribution is 7.89. The van der Waals surface area contributed by atoms with Crippen molar-refractivity contribution in [3.63, 3.8) is 0 Å². The quantitative estimate of drug-likeness (QED) is 0.788. The van der Waals surface area contributed by atoms with E-state index in [2.05, 4.69) is 9.46 Å². The first-order valence-electron chi connectivity index (χ1n) is 6.80. The Balaban J connectivity index is 2.03. The second-order valence-electron chi connectivity index (χ2n) is 5.13. The van der Waals surface area contributed by atoms with Gasteiger partial charge in [0.15, 0.2) is 0 Å². The fraction of sp³-hybridized carbons (Fsp3) is 0.500. The third kappa shape index (κ3) is 3.81. The van der Waals surface area contributed by atoms with E-state index in [1.807, 2.05) is 0 Å². The van der Waals surface area contributed by atoms with Crippen molar-refractivity contribution < 1.29 is 23.1 Å². The number of benzene rings is 1. The van der Waals surface area contributed by atoms with E-state index in [1.54, 1.807) is 0 Å². The van der Waals surface area contributed by atoms with E-state index in [0.717, 1.165) is 19.3 Å². The molecule has 1 fully saturated rings. The fourth-order valence-electron chi connectivity index (χ4n) is 2.44. The topological polar surface area (TPSA) is 92.7 Å². The lowest BCUT2D eigenvalue weighted by molar-refractivity contribution is 0.0600. The van der Waals surface area contributed by atoms with E-state index in [0.29, 0.717) is 5.56 Å². The summed E-state index contributed by atoms with van der Waals surface area (Å²) in [6.07, 6.45) is 2.03. The highest BCUT2D eigenvalue weighted by atomic mass is 32.2. The van der Waals surface area contributed by atoms with Crippen LogP contribution in [-0.4, -0.2) is 39.3 Å². The van der Waals surface area contributed by atoms with E-state index in [4.69, 9.17) is 0 Å². The van der Waals surface area contributed by atoms with Gasteiger partial charge in [0.25, 0.3) is 0 Å². The molecule has 2 N–H and O–H groups in total. The number of hydrogen-bond acceptors (Lipinski definition) is 5. The highest BCUT2D eigenvalue weighted by Gasteiger charge is 2.26. The normalized spacial score (nSPS) is 22.2.